The lowest BCUT2D eigenvalue weighted by atomic mass is 9.95. The number of hydrogen-bond acceptors (Lipinski definition) is 2. The van der Waals surface area contributed by atoms with Gasteiger partial charge >= 0.3 is 0 Å². The molecule has 0 saturated heterocycles. The minimum Gasteiger partial charge on any atom is -0.367 e. The fourth-order valence-corrected chi connectivity index (χ4v) is 4.08. The monoisotopic (exact) mass is 283 g/mol. The van der Waals surface area contributed by atoms with Crippen LogP contribution in [0.2, 0.25) is 0 Å². The summed E-state index contributed by atoms with van der Waals surface area (Å²) in [4.78, 5) is 4.96. The molecule has 0 radical (unpaired) electrons. The number of fused-ring (bicyclic) bond motifs is 1. The van der Waals surface area contributed by atoms with E-state index in [2.05, 4.69) is 34.1 Å². The van der Waals surface area contributed by atoms with Crippen LogP contribution in [0, 0.1) is 0 Å². The Bertz CT molecular complexity index is 604. The number of nitrogens with zero attached hydrogens (tertiary/aromatic N) is 2. The van der Waals surface area contributed by atoms with E-state index < -0.39 is 0 Å². The van der Waals surface area contributed by atoms with E-state index in [0.717, 1.165) is 5.65 Å². The molecule has 2 fully saturated rings. The van der Waals surface area contributed by atoms with E-state index in [4.69, 9.17) is 4.98 Å². The summed E-state index contributed by atoms with van der Waals surface area (Å²) in [6, 6.07) is 6.97. The topological polar surface area (TPSA) is 29.3 Å². The first kappa shape index (κ1) is 13.2. The van der Waals surface area contributed by atoms with Gasteiger partial charge in [0.25, 0.3) is 0 Å². The molecular formula is C18H25N3. The van der Waals surface area contributed by atoms with Crippen molar-refractivity contribution in [2.45, 2.75) is 69.7 Å². The first-order valence-electron chi connectivity index (χ1n) is 8.65. The highest BCUT2D eigenvalue weighted by molar-refractivity contribution is 5.57. The Kier molecular flexibility index (Phi) is 3.58. The predicted molar refractivity (Wildman–Crippen MR) is 86.9 cm³/mol. The molecule has 0 aromatic carbocycles. The molecular weight excluding hydrogens is 258 g/mol. The molecule has 2 aliphatic carbocycles. The zero-order valence-electron chi connectivity index (χ0n) is 12.7. The van der Waals surface area contributed by atoms with Crippen LogP contribution in [0.1, 0.15) is 69.4 Å². The lowest BCUT2D eigenvalue weighted by Gasteiger charge is -2.24. The predicted octanol–water partition coefficient (Wildman–Crippen LogP) is 4.74. The lowest BCUT2D eigenvalue weighted by molar-refractivity contribution is 0.461. The van der Waals surface area contributed by atoms with E-state index in [0.29, 0.717) is 12.0 Å². The van der Waals surface area contributed by atoms with Gasteiger partial charge in [-0.15, -0.1) is 0 Å². The van der Waals surface area contributed by atoms with Gasteiger partial charge in [0.2, 0.25) is 0 Å². The van der Waals surface area contributed by atoms with Crippen molar-refractivity contribution >= 4 is 11.5 Å². The molecule has 3 nitrogen and oxygen atoms in total. The molecule has 2 heterocycles. The van der Waals surface area contributed by atoms with Gasteiger partial charge in [-0.2, -0.15) is 0 Å². The molecule has 2 aromatic heterocycles. The van der Waals surface area contributed by atoms with Crippen LogP contribution in [0.5, 0.6) is 0 Å². The highest BCUT2D eigenvalue weighted by atomic mass is 15.1. The summed E-state index contributed by atoms with van der Waals surface area (Å²) in [5.41, 5.74) is 2.42. The Balaban J connectivity index is 1.70. The Hall–Kier alpha value is -1.51. The van der Waals surface area contributed by atoms with Gasteiger partial charge in [-0.05, 0) is 37.8 Å². The molecule has 0 bridgehead atoms. The largest absolute Gasteiger partial charge is 0.367 e. The molecule has 2 aromatic rings. The molecule has 2 aliphatic rings. The maximum absolute atomic E-state index is 4.96. The van der Waals surface area contributed by atoms with Crippen LogP contribution >= 0.6 is 0 Å². The minimum absolute atomic E-state index is 0.638. The average molecular weight is 283 g/mol. The van der Waals surface area contributed by atoms with Crippen LogP contribution in [0.3, 0.4) is 0 Å². The van der Waals surface area contributed by atoms with Gasteiger partial charge in [0.1, 0.15) is 11.5 Å². The number of imidazole rings is 1. The van der Waals surface area contributed by atoms with E-state index in [-0.39, 0.29) is 0 Å². The van der Waals surface area contributed by atoms with Gasteiger partial charge < -0.3 is 5.32 Å². The number of anilines is 1. The van der Waals surface area contributed by atoms with Gasteiger partial charge in [-0.1, -0.05) is 38.2 Å². The van der Waals surface area contributed by atoms with Crippen LogP contribution in [-0.2, 0) is 0 Å². The summed E-state index contributed by atoms with van der Waals surface area (Å²) in [7, 11) is 0. The van der Waals surface area contributed by atoms with Gasteiger partial charge in [0.15, 0.2) is 0 Å². The molecule has 0 atom stereocenters. The Morgan fingerprint density at radius 2 is 1.71 bits per heavy atom. The Morgan fingerprint density at radius 1 is 0.952 bits per heavy atom. The first-order valence-corrected chi connectivity index (χ1v) is 8.65. The molecule has 0 aliphatic heterocycles. The number of nitrogens with one attached hydrogen (secondary N) is 1. The van der Waals surface area contributed by atoms with E-state index in [1.165, 1.54) is 69.3 Å². The van der Waals surface area contributed by atoms with Crippen molar-refractivity contribution in [2.75, 3.05) is 5.32 Å². The lowest BCUT2D eigenvalue weighted by Crippen LogP contribution is -2.24. The van der Waals surface area contributed by atoms with Crippen molar-refractivity contribution in [1.82, 2.24) is 9.38 Å². The second-order valence-corrected chi connectivity index (χ2v) is 6.74. The highest BCUT2D eigenvalue weighted by Crippen LogP contribution is 2.38. The molecule has 0 unspecified atom stereocenters. The van der Waals surface area contributed by atoms with Crippen molar-refractivity contribution < 1.29 is 0 Å². The van der Waals surface area contributed by atoms with Gasteiger partial charge in [0.05, 0.1) is 5.69 Å². The van der Waals surface area contributed by atoms with E-state index in [1.54, 1.807) is 0 Å². The fraction of sp³-hybridized carbons (Fsp3) is 0.611. The summed E-state index contributed by atoms with van der Waals surface area (Å²) < 4.78 is 2.27. The van der Waals surface area contributed by atoms with E-state index in [9.17, 15) is 0 Å². The molecule has 21 heavy (non-hydrogen) atoms. The Morgan fingerprint density at radius 3 is 2.52 bits per heavy atom. The molecule has 112 valence electrons. The van der Waals surface area contributed by atoms with Crippen LogP contribution in [-0.4, -0.2) is 15.4 Å². The molecule has 2 saturated carbocycles. The quantitative estimate of drug-likeness (QED) is 0.882. The van der Waals surface area contributed by atoms with Crippen molar-refractivity contribution in [3.05, 3.63) is 30.1 Å². The molecule has 0 spiro atoms. The number of pyridine rings is 1. The van der Waals surface area contributed by atoms with E-state index >= 15 is 0 Å². The Labute approximate surface area is 126 Å². The molecule has 4 rings (SSSR count). The SMILES string of the molecule is c1ccn2c(NC3CCCCC3)c(C3CCCC3)nc2c1. The highest BCUT2D eigenvalue weighted by Gasteiger charge is 2.26. The zero-order valence-corrected chi connectivity index (χ0v) is 12.7. The normalized spacial score (nSPS) is 21.1. The van der Waals surface area contributed by atoms with Crippen molar-refractivity contribution in [3.8, 4) is 0 Å². The van der Waals surface area contributed by atoms with Crippen LogP contribution in [0.25, 0.3) is 5.65 Å². The van der Waals surface area contributed by atoms with Crippen LogP contribution in [0.4, 0.5) is 5.82 Å². The summed E-state index contributed by atoms with van der Waals surface area (Å²) >= 11 is 0. The van der Waals surface area contributed by atoms with Crippen molar-refractivity contribution in [1.29, 1.82) is 0 Å². The first-order chi connectivity index (χ1) is 10.4. The van der Waals surface area contributed by atoms with E-state index in [1.807, 2.05) is 0 Å². The third-order valence-corrected chi connectivity index (χ3v) is 5.24. The third-order valence-electron chi connectivity index (χ3n) is 5.24. The number of hydrogen-bond donors (Lipinski definition) is 1. The summed E-state index contributed by atoms with van der Waals surface area (Å²) in [6.45, 7) is 0. The zero-order chi connectivity index (χ0) is 14.1. The standard InChI is InChI=1S/C18H25N3/c1-2-10-15(11-3-1)19-18-17(14-8-4-5-9-14)20-16-12-6-7-13-21(16)18/h6-7,12-15,19H,1-5,8-11H2. The van der Waals surface area contributed by atoms with Crippen LogP contribution < -0.4 is 5.32 Å². The molecule has 1 N–H and O–H groups in total. The summed E-state index contributed by atoms with van der Waals surface area (Å²) in [5.74, 6) is 1.94. The number of rotatable bonds is 3. The molecule has 3 heteroatoms. The van der Waals surface area contributed by atoms with Gasteiger partial charge in [0, 0.05) is 18.2 Å². The smallest absolute Gasteiger partial charge is 0.138 e. The average Bonchev–Trinajstić information content (AvgIpc) is 3.16. The second kappa shape index (κ2) is 5.70. The summed E-state index contributed by atoms with van der Waals surface area (Å²) in [5, 5.41) is 3.85. The summed E-state index contributed by atoms with van der Waals surface area (Å²) in [6.07, 6.45) is 14.3. The third kappa shape index (κ3) is 2.54. The maximum Gasteiger partial charge on any atom is 0.138 e. The fourth-order valence-electron chi connectivity index (χ4n) is 4.08. The number of aromatic nitrogens is 2. The van der Waals surface area contributed by atoms with Crippen molar-refractivity contribution in [3.63, 3.8) is 0 Å². The van der Waals surface area contributed by atoms with Crippen molar-refractivity contribution in [2.24, 2.45) is 0 Å². The van der Waals surface area contributed by atoms with Gasteiger partial charge in [-0.25, -0.2) is 4.98 Å². The minimum atomic E-state index is 0.638. The molecule has 0 amide bonds. The van der Waals surface area contributed by atoms with Crippen LogP contribution in [0.15, 0.2) is 24.4 Å². The maximum atomic E-state index is 4.96. The second-order valence-electron chi connectivity index (χ2n) is 6.74. The van der Waals surface area contributed by atoms with Gasteiger partial charge in [-0.3, -0.25) is 4.40 Å².